The Morgan fingerprint density at radius 2 is 2.42 bits per heavy atom. The minimum absolute atomic E-state index is 0.188. The molecule has 0 saturated carbocycles. The Bertz CT molecular complexity index is 305. The molecule has 0 saturated heterocycles. The smallest absolute Gasteiger partial charge is 0.166 e. The molecule has 0 fully saturated rings. The van der Waals surface area contributed by atoms with Gasteiger partial charge >= 0.3 is 0 Å². The maximum atomic E-state index is 5.81. The zero-order chi connectivity index (χ0) is 8.55. The van der Waals surface area contributed by atoms with Crippen molar-refractivity contribution in [2.24, 2.45) is 0 Å². The van der Waals surface area contributed by atoms with Crippen molar-refractivity contribution in [3.63, 3.8) is 0 Å². The molecule has 0 aromatic heterocycles. The van der Waals surface area contributed by atoms with E-state index in [1.165, 1.54) is 0 Å². The van der Waals surface area contributed by atoms with E-state index >= 15 is 0 Å². The average Bonchev–Trinajstić information content (AvgIpc) is 2.03. The fourth-order valence-corrected chi connectivity index (χ4v) is 1.77. The Morgan fingerprint density at radius 3 is 3.25 bits per heavy atom. The van der Waals surface area contributed by atoms with Crippen LogP contribution in [0.1, 0.15) is 0 Å². The van der Waals surface area contributed by atoms with Gasteiger partial charge in [0.05, 0.1) is 12.2 Å². The monoisotopic (exact) mass is 295 g/mol. The van der Waals surface area contributed by atoms with Crippen LogP contribution in [0, 0.1) is 0 Å². The molecule has 1 aliphatic heterocycles. The van der Waals surface area contributed by atoms with Crippen LogP contribution in [-0.4, -0.2) is 10.7 Å². The lowest BCUT2D eigenvalue weighted by molar-refractivity contribution is 0.305. The molecule has 1 aromatic carbocycles. The summed E-state index contributed by atoms with van der Waals surface area (Å²) in [7, 11) is 0. The number of hydrogen-bond acceptors (Lipinski definition) is 2. The maximum Gasteiger partial charge on any atom is 0.166 e. The summed E-state index contributed by atoms with van der Waals surface area (Å²) in [5, 5.41) is 3.96. The Labute approximate surface area is 89.4 Å². The first kappa shape index (κ1) is 8.44. The molecule has 1 atom stereocenters. The van der Waals surface area contributed by atoms with Gasteiger partial charge in [-0.05, 0) is 34.7 Å². The quantitative estimate of drug-likeness (QED) is 0.587. The van der Waals surface area contributed by atoms with Crippen LogP contribution in [0.4, 0.5) is 5.69 Å². The zero-order valence-corrected chi connectivity index (χ0v) is 9.09. The molecule has 12 heavy (non-hydrogen) atoms. The van der Waals surface area contributed by atoms with Crippen molar-refractivity contribution < 1.29 is 4.74 Å². The maximum absolute atomic E-state index is 5.81. The summed E-state index contributed by atoms with van der Waals surface area (Å²) >= 11 is 8.05. The molecule has 2 nitrogen and oxygen atoms in total. The van der Waals surface area contributed by atoms with Crippen molar-refractivity contribution in [1.82, 2.24) is 0 Å². The normalized spacial score (nSPS) is 20.7. The summed E-state index contributed by atoms with van der Waals surface area (Å²) in [4.78, 5) is 0. The molecule has 1 unspecified atom stereocenters. The molecule has 64 valence electrons. The van der Waals surface area contributed by atoms with Gasteiger partial charge in [0.2, 0.25) is 0 Å². The third kappa shape index (κ3) is 1.61. The fraction of sp³-hybridized carbons (Fsp3) is 0.250. The predicted octanol–water partition coefficient (Wildman–Crippen LogP) is 2.91. The first-order valence-electron chi connectivity index (χ1n) is 3.60. The zero-order valence-electron chi connectivity index (χ0n) is 6.18. The molecule has 4 heteroatoms. The van der Waals surface area contributed by atoms with Gasteiger partial charge < -0.3 is 10.1 Å². The highest BCUT2D eigenvalue weighted by atomic mass is 127. The first-order chi connectivity index (χ1) is 5.75. The lowest BCUT2D eigenvalue weighted by atomic mass is 10.2. The second-order valence-electron chi connectivity index (χ2n) is 2.55. The van der Waals surface area contributed by atoms with Crippen LogP contribution >= 0.6 is 34.2 Å². The van der Waals surface area contributed by atoms with E-state index in [1.807, 2.05) is 18.2 Å². The molecule has 2 rings (SSSR count). The third-order valence-corrected chi connectivity index (χ3v) is 2.58. The van der Waals surface area contributed by atoms with E-state index in [0.29, 0.717) is 5.02 Å². The van der Waals surface area contributed by atoms with Crippen molar-refractivity contribution in [3.05, 3.63) is 23.2 Å². The van der Waals surface area contributed by atoms with Crippen LogP contribution in [0.2, 0.25) is 5.02 Å². The van der Waals surface area contributed by atoms with Gasteiger partial charge in [0.15, 0.2) is 4.11 Å². The van der Waals surface area contributed by atoms with Crippen LogP contribution in [0.25, 0.3) is 0 Å². The second-order valence-corrected chi connectivity index (χ2v) is 4.38. The topological polar surface area (TPSA) is 21.3 Å². The SMILES string of the molecule is Clc1ccc2c(c1)OC(I)CN2. The van der Waals surface area contributed by atoms with Gasteiger partial charge in [-0.15, -0.1) is 0 Å². The van der Waals surface area contributed by atoms with Crippen molar-refractivity contribution in [3.8, 4) is 5.75 Å². The summed E-state index contributed by atoms with van der Waals surface area (Å²) in [6.07, 6.45) is 0. The molecule has 1 N–H and O–H groups in total. The summed E-state index contributed by atoms with van der Waals surface area (Å²) in [5.41, 5.74) is 1.02. The lowest BCUT2D eigenvalue weighted by Gasteiger charge is -2.23. The molecule has 0 bridgehead atoms. The molecule has 1 heterocycles. The summed E-state index contributed by atoms with van der Waals surface area (Å²) in [6, 6.07) is 5.61. The average molecular weight is 296 g/mol. The van der Waals surface area contributed by atoms with Gasteiger partial charge in [-0.1, -0.05) is 11.6 Å². The van der Waals surface area contributed by atoms with E-state index in [-0.39, 0.29) is 4.11 Å². The number of hydrogen-bond donors (Lipinski definition) is 1. The highest BCUT2D eigenvalue weighted by molar-refractivity contribution is 14.1. The Morgan fingerprint density at radius 1 is 1.58 bits per heavy atom. The van der Waals surface area contributed by atoms with Gasteiger partial charge in [0.1, 0.15) is 5.75 Å². The lowest BCUT2D eigenvalue weighted by Crippen LogP contribution is -2.24. The van der Waals surface area contributed by atoms with E-state index < -0.39 is 0 Å². The van der Waals surface area contributed by atoms with E-state index in [9.17, 15) is 0 Å². The van der Waals surface area contributed by atoms with Crippen molar-refractivity contribution in [2.45, 2.75) is 4.11 Å². The Balaban J connectivity index is 2.37. The predicted molar refractivity (Wildman–Crippen MR) is 58.4 cm³/mol. The third-order valence-electron chi connectivity index (χ3n) is 1.65. The number of anilines is 1. The van der Waals surface area contributed by atoms with Gasteiger partial charge in [-0.3, -0.25) is 0 Å². The molecule has 0 radical (unpaired) electrons. The molecular formula is C8H7ClINO. The summed E-state index contributed by atoms with van der Waals surface area (Å²) in [5.74, 6) is 0.841. The van der Waals surface area contributed by atoms with E-state index in [4.69, 9.17) is 16.3 Å². The molecule has 0 spiro atoms. The second kappa shape index (κ2) is 3.30. The molecule has 1 aliphatic rings. The van der Waals surface area contributed by atoms with E-state index in [2.05, 4.69) is 27.9 Å². The van der Waals surface area contributed by atoms with Gasteiger partial charge in [-0.25, -0.2) is 0 Å². The summed E-state index contributed by atoms with van der Waals surface area (Å²) in [6.45, 7) is 0.842. The minimum Gasteiger partial charge on any atom is -0.476 e. The number of fused-ring (bicyclic) bond motifs is 1. The van der Waals surface area contributed by atoms with Gasteiger partial charge in [0, 0.05) is 11.1 Å². The van der Waals surface area contributed by atoms with E-state index in [0.717, 1.165) is 18.0 Å². The van der Waals surface area contributed by atoms with Crippen molar-refractivity contribution >= 4 is 39.9 Å². The summed E-state index contributed by atoms with van der Waals surface area (Å²) < 4.78 is 5.74. The van der Waals surface area contributed by atoms with Crippen LogP contribution in [0.5, 0.6) is 5.75 Å². The Kier molecular flexibility index (Phi) is 2.32. The molecule has 1 aromatic rings. The number of halogens is 2. The van der Waals surface area contributed by atoms with Crippen LogP contribution in [0.15, 0.2) is 18.2 Å². The Hall–Kier alpha value is -0.160. The van der Waals surface area contributed by atoms with Crippen molar-refractivity contribution in [2.75, 3.05) is 11.9 Å². The molecule has 0 aliphatic carbocycles. The molecular weight excluding hydrogens is 288 g/mol. The first-order valence-corrected chi connectivity index (χ1v) is 5.22. The largest absolute Gasteiger partial charge is 0.476 e. The van der Waals surface area contributed by atoms with Gasteiger partial charge in [0.25, 0.3) is 0 Å². The van der Waals surface area contributed by atoms with Crippen LogP contribution in [0.3, 0.4) is 0 Å². The number of benzene rings is 1. The van der Waals surface area contributed by atoms with Crippen molar-refractivity contribution in [1.29, 1.82) is 0 Å². The number of nitrogens with one attached hydrogen (secondary N) is 1. The fourth-order valence-electron chi connectivity index (χ4n) is 1.11. The highest BCUT2D eigenvalue weighted by Gasteiger charge is 2.15. The van der Waals surface area contributed by atoms with Crippen LogP contribution in [-0.2, 0) is 0 Å². The van der Waals surface area contributed by atoms with E-state index in [1.54, 1.807) is 0 Å². The highest BCUT2D eigenvalue weighted by Crippen LogP contribution is 2.32. The van der Waals surface area contributed by atoms with Crippen LogP contribution < -0.4 is 10.1 Å². The standard InChI is InChI=1S/C8H7ClINO/c9-5-1-2-6-7(3-5)12-8(10)4-11-6/h1-3,8,11H,4H2. The molecule has 0 amide bonds. The number of rotatable bonds is 0. The number of alkyl halides is 1. The number of ether oxygens (including phenoxy) is 1. The van der Waals surface area contributed by atoms with Gasteiger partial charge in [-0.2, -0.15) is 0 Å². The minimum atomic E-state index is 0.188.